The van der Waals surface area contributed by atoms with E-state index in [9.17, 15) is 13.2 Å². The second-order valence-electron chi connectivity index (χ2n) is 6.13. The Morgan fingerprint density at radius 1 is 1.26 bits per heavy atom. The number of hydrogen-bond acceptors (Lipinski definition) is 4. The fourth-order valence-corrected chi connectivity index (χ4v) is 2.94. The predicted molar refractivity (Wildman–Crippen MR) is 94.4 cm³/mol. The maximum Gasteiger partial charge on any atom is 0.251 e. The summed E-state index contributed by atoms with van der Waals surface area (Å²) in [5.41, 5.74) is 5.69. The lowest BCUT2D eigenvalue weighted by atomic mass is 10.1. The lowest BCUT2D eigenvalue weighted by Gasteiger charge is -2.19. The van der Waals surface area contributed by atoms with E-state index >= 15 is 0 Å². The molecular formula is C15H26ClN3O3S. The van der Waals surface area contributed by atoms with Crippen LogP contribution in [0, 0.1) is 0 Å². The lowest BCUT2D eigenvalue weighted by molar-refractivity contribution is 0.0946. The van der Waals surface area contributed by atoms with Crippen molar-refractivity contribution < 1.29 is 13.2 Å². The van der Waals surface area contributed by atoms with Crippen LogP contribution < -0.4 is 15.8 Å². The molecule has 0 aliphatic carbocycles. The zero-order chi connectivity index (χ0) is 17.0. The zero-order valence-electron chi connectivity index (χ0n) is 13.9. The van der Waals surface area contributed by atoms with E-state index in [4.69, 9.17) is 5.73 Å². The molecule has 0 radical (unpaired) electrons. The number of benzene rings is 1. The molecule has 1 unspecified atom stereocenters. The van der Waals surface area contributed by atoms with E-state index in [1.54, 1.807) is 6.92 Å². The van der Waals surface area contributed by atoms with Crippen molar-refractivity contribution in [2.75, 3.05) is 6.54 Å². The maximum atomic E-state index is 12.1. The van der Waals surface area contributed by atoms with Gasteiger partial charge in [-0.25, -0.2) is 13.1 Å². The van der Waals surface area contributed by atoms with E-state index in [1.165, 1.54) is 24.3 Å². The number of nitrogens with two attached hydrogens (primary N) is 1. The van der Waals surface area contributed by atoms with Gasteiger partial charge in [0.2, 0.25) is 10.0 Å². The van der Waals surface area contributed by atoms with Crippen LogP contribution in [0.4, 0.5) is 0 Å². The fourth-order valence-electron chi connectivity index (χ4n) is 1.61. The maximum absolute atomic E-state index is 12.1. The minimum atomic E-state index is -3.55. The van der Waals surface area contributed by atoms with Crippen molar-refractivity contribution in [2.24, 2.45) is 5.73 Å². The zero-order valence-corrected chi connectivity index (χ0v) is 15.6. The Morgan fingerprint density at radius 3 is 2.22 bits per heavy atom. The first-order valence-corrected chi connectivity index (χ1v) is 8.73. The van der Waals surface area contributed by atoms with Crippen molar-refractivity contribution >= 4 is 28.3 Å². The minimum absolute atomic E-state index is 0. The molecule has 0 aliphatic heterocycles. The summed E-state index contributed by atoms with van der Waals surface area (Å²) in [4.78, 5) is 12.1. The highest BCUT2D eigenvalue weighted by Gasteiger charge is 2.18. The van der Waals surface area contributed by atoms with Gasteiger partial charge >= 0.3 is 0 Å². The molecule has 1 atom stereocenters. The lowest BCUT2D eigenvalue weighted by Crippen LogP contribution is -2.45. The third-order valence-electron chi connectivity index (χ3n) is 3.10. The average Bonchev–Trinajstić information content (AvgIpc) is 2.43. The Kier molecular flexibility index (Phi) is 8.20. The monoisotopic (exact) mass is 363 g/mol. The van der Waals surface area contributed by atoms with E-state index in [1.807, 2.05) is 20.8 Å². The van der Waals surface area contributed by atoms with Gasteiger partial charge in [-0.1, -0.05) is 6.92 Å². The summed E-state index contributed by atoms with van der Waals surface area (Å²) in [5, 5.41) is 2.71. The standard InChI is InChI=1S/C15H25N3O3S.ClH/c1-5-11(2)18-22(20,21)13-8-6-12(7-9-13)14(19)17-10-15(3,4)16;/h6-9,11,18H,5,10,16H2,1-4H3,(H,17,19);1H. The molecule has 0 spiro atoms. The SMILES string of the molecule is CCC(C)NS(=O)(=O)c1ccc(C(=O)NCC(C)(C)N)cc1.Cl. The quantitative estimate of drug-likeness (QED) is 0.685. The third-order valence-corrected chi connectivity index (χ3v) is 4.71. The van der Waals surface area contributed by atoms with Crippen LogP contribution in [0.3, 0.4) is 0 Å². The van der Waals surface area contributed by atoms with Gasteiger partial charge in [0, 0.05) is 23.7 Å². The number of hydrogen-bond donors (Lipinski definition) is 3. The number of amides is 1. The number of sulfonamides is 1. The van der Waals surface area contributed by atoms with Gasteiger partial charge < -0.3 is 11.1 Å². The fraction of sp³-hybridized carbons (Fsp3) is 0.533. The first kappa shape index (κ1) is 21.9. The summed E-state index contributed by atoms with van der Waals surface area (Å²) in [6.07, 6.45) is 0.703. The summed E-state index contributed by atoms with van der Waals surface area (Å²) < 4.78 is 26.8. The molecule has 0 heterocycles. The van der Waals surface area contributed by atoms with E-state index in [0.717, 1.165) is 0 Å². The highest BCUT2D eigenvalue weighted by atomic mass is 35.5. The van der Waals surface area contributed by atoms with Crippen LogP contribution in [-0.4, -0.2) is 32.5 Å². The van der Waals surface area contributed by atoms with Gasteiger partial charge in [0.25, 0.3) is 5.91 Å². The van der Waals surface area contributed by atoms with Crippen LogP contribution in [0.1, 0.15) is 44.5 Å². The molecule has 132 valence electrons. The molecule has 1 aromatic carbocycles. The van der Waals surface area contributed by atoms with Gasteiger partial charge in [0.05, 0.1) is 4.90 Å². The summed E-state index contributed by atoms with van der Waals surface area (Å²) in [6.45, 7) is 7.65. The van der Waals surface area contributed by atoms with Gasteiger partial charge in [0.15, 0.2) is 0 Å². The molecular weight excluding hydrogens is 338 g/mol. The molecule has 1 aromatic rings. The molecule has 6 nitrogen and oxygen atoms in total. The number of carbonyl (C=O) groups is 1. The van der Waals surface area contributed by atoms with Crippen molar-refractivity contribution in [3.05, 3.63) is 29.8 Å². The van der Waals surface area contributed by atoms with Crippen molar-refractivity contribution in [1.82, 2.24) is 10.0 Å². The van der Waals surface area contributed by atoms with Gasteiger partial charge in [-0.05, 0) is 51.5 Å². The predicted octanol–water partition coefficient (Wildman–Crippen LogP) is 1.65. The highest BCUT2D eigenvalue weighted by molar-refractivity contribution is 7.89. The van der Waals surface area contributed by atoms with Gasteiger partial charge in [-0.3, -0.25) is 4.79 Å². The highest BCUT2D eigenvalue weighted by Crippen LogP contribution is 2.12. The molecule has 0 bridgehead atoms. The number of halogens is 1. The first-order valence-electron chi connectivity index (χ1n) is 7.24. The summed E-state index contributed by atoms with van der Waals surface area (Å²) in [7, 11) is -3.55. The van der Waals surface area contributed by atoms with Crippen molar-refractivity contribution in [3.8, 4) is 0 Å². The van der Waals surface area contributed by atoms with Gasteiger partial charge in [-0.2, -0.15) is 0 Å². The van der Waals surface area contributed by atoms with E-state index < -0.39 is 15.6 Å². The third kappa shape index (κ3) is 7.30. The Balaban J connectivity index is 0.00000484. The van der Waals surface area contributed by atoms with E-state index in [0.29, 0.717) is 18.5 Å². The van der Waals surface area contributed by atoms with Crippen molar-refractivity contribution in [2.45, 2.75) is 50.6 Å². The Labute approximate surface area is 144 Å². The average molecular weight is 364 g/mol. The van der Waals surface area contributed by atoms with Crippen molar-refractivity contribution in [1.29, 1.82) is 0 Å². The molecule has 8 heteroatoms. The number of rotatable bonds is 7. The molecule has 1 amide bonds. The Hall–Kier alpha value is -1.15. The van der Waals surface area contributed by atoms with Crippen LogP contribution in [-0.2, 0) is 10.0 Å². The van der Waals surface area contributed by atoms with Crippen LogP contribution in [0.25, 0.3) is 0 Å². The normalized spacial score (nSPS) is 13.1. The van der Waals surface area contributed by atoms with E-state index in [-0.39, 0.29) is 29.3 Å². The van der Waals surface area contributed by atoms with Crippen LogP contribution >= 0.6 is 12.4 Å². The molecule has 4 N–H and O–H groups in total. The van der Waals surface area contributed by atoms with Crippen LogP contribution in [0.5, 0.6) is 0 Å². The largest absolute Gasteiger partial charge is 0.350 e. The van der Waals surface area contributed by atoms with Crippen LogP contribution in [0.15, 0.2) is 29.2 Å². The van der Waals surface area contributed by atoms with Gasteiger partial charge in [0.1, 0.15) is 0 Å². The molecule has 23 heavy (non-hydrogen) atoms. The molecule has 1 rings (SSSR count). The number of carbonyl (C=O) groups excluding carboxylic acids is 1. The molecule has 0 saturated carbocycles. The summed E-state index contributed by atoms with van der Waals surface area (Å²) in [5.74, 6) is -0.280. The van der Waals surface area contributed by atoms with Crippen LogP contribution in [0.2, 0.25) is 0 Å². The molecule has 0 saturated heterocycles. The topological polar surface area (TPSA) is 101 Å². The first-order chi connectivity index (χ1) is 10.0. The molecule has 0 aromatic heterocycles. The molecule has 0 aliphatic rings. The smallest absolute Gasteiger partial charge is 0.251 e. The van der Waals surface area contributed by atoms with Crippen molar-refractivity contribution in [3.63, 3.8) is 0 Å². The summed E-state index contributed by atoms with van der Waals surface area (Å²) >= 11 is 0. The second kappa shape index (κ2) is 8.63. The Bertz CT molecular complexity index is 610. The minimum Gasteiger partial charge on any atom is -0.350 e. The second-order valence-corrected chi connectivity index (χ2v) is 7.84. The molecule has 0 fully saturated rings. The Morgan fingerprint density at radius 2 is 1.78 bits per heavy atom. The van der Waals surface area contributed by atoms with E-state index in [2.05, 4.69) is 10.0 Å². The summed E-state index contributed by atoms with van der Waals surface area (Å²) in [6, 6.07) is 5.69. The van der Waals surface area contributed by atoms with Gasteiger partial charge in [-0.15, -0.1) is 12.4 Å². The number of nitrogens with one attached hydrogen (secondary N) is 2.